The summed E-state index contributed by atoms with van der Waals surface area (Å²) in [5, 5.41) is -0.547. The van der Waals surface area contributed by atoms with Crippen LogP contribution >= 0.6 is 11.6 Å². The second kappa shape index (κ2) is 6.80. The number of alkyl halides is 1. The van der Waals surface area contributed by atoms with Gasteiger partial charge in [-0.15, -0.1) is 11.6 Å². The van der Waals surface area contributed by atoms with Gasteiger partial charge in [0.1, 0.15) is 5.38 Å². The Labute approximate surface area is 131 Å². The molecule has 3 rings (SSSR count). The van der Waals surface area contributed by atoms with E-state index >= 15 is 0 Å². The molecule has 1 aromatic rings. The zero-order valence-electron chi connectivity index (χ0n) is 12.4. The second-order valence-corrected chi connectivity index (χ2v) is 6.51. The number of rotatable bonds is 3. The number of carbonyl (C=O) groups is 1. The number of nitrogens with zero attached hydrogens (tertiary/aromatic N) is 2. The SMILES string of the molecule is O=C(C(Cl)c1ccccc1)N1CCC(N2CCCC2)CC1. The summed E-state index contributed by atoms with van der Waals surface area (Å²) in [4.78, 5) is 17.0. The van der Waals surface area contributed by atoms with Gasteiger partial charge in [-0.3, -0.25) is 4.79 Å². The van der Waals surface area contributed by atoms with Crippen LogP contribution in [0, 0.1) is 0 Å². The van der Waals surface area contributed by atoms with Crippen molar-refractivity contribution in [1.82, 2.24) is 9.80 Å². The van der Waals surface area contributed by atoms with Gasteiger partial charge in [-0.05, 0) is 44.3 Å². The molecule has 4 heteroatoms. The Morgan fingerprint density at radius 3 is 2.29 bits per heavy atom. The maximum absolute atomic E-state index is 12.5. The first-order valence-corrected chi connectivity index (χ1v) is 8.41. The average molecular weight is 307 g/mol. The molecule has 2 fully saturated rings. The van der Waals surface area contributed by atoms with Crippen LogP contribution in [-0.2, 0) is 4.79 Å². The van der Waals surface area contributed by atoms with Crippen LogP contribution in [0.2, 0.25) is 0 Å². The van der Waals surface area contributed by atoms with Crippen LogP contribution in [0.3, 0.4) is 0 Å². The molecule has 114 valence electrons. The molecule has 0 bridgehead atoms. The Morgan fingerprint density at radius 2 is 1.67 bits per heavy atom. The number of piperidine rings is 1. The summed E-state index contributed by atoms with van der Waals surface area (Å²) < 4.78 is 0. The number of likely N-dealkylation sites (tertiary alicyclic amines) is 2. The van der Waals surface area contributed by atoms with Crippen LogP contribution in [0.5, 0.6) is 0 Å². The van der Waals surface area contributed by atoms with E-state index in [0.29, 0.717) is 6.04 Å². The van der Waals surface area contributed by atoms with Gasteiger partial charge >= 0.3 is 0 Å². The molecular weight excluding hydrogens is 284 g/mol. The van der Waals surface area contributed by atoms with E-state index < -0.39 is 5.38 Å². The Hall–Kier alpha value is -1.06. The summed E-state index contributed by atoms with van der Waals surface area (Å²) in [6.07, 6.45) is 4.84. The van der Waals surface area contributed by atoms with E-state index in [1.807, 2.05) is 35.2 Å². The second-order valence-electron chi connectivity index (χ2n) is 6.07. The lowest BCUT2D eigenvalue weighted by Gasteiger charge is -2.37. The standard InChI is InChI=1S/C17H23ClN2O/c18-16(14-6-2-1-3-7-14)17(21)20-12-8-15(9-13-20)19-10-4-5-11-19/h1-3,6-7,15-16H,4-5,8-13H2. The molecule has 0 N–H and O–H groups in total. The van der Waals surface area contributed by atoms with Crippen molar-refractivity contribution in [3.05, 3.63) is 35.9 Å². The molecular formula is C17H23ClN2O. The van der Waals surface area contributed by atoms with Crippen molar-refractivity contribution in [2.24, 2.45) is 0 Å². The fraction of sp³-hybridized carbons (Fsp3) is 0.588. The first kappa shape index (κ1) is 14.9. The summed E-state index contributed by atoms with van der Waals surface area (Å²) in [6, 6.07) is 10.3. The fourth-order valence-corrected chi connectivity index (χ4v) is 3.77. The molecule has 0 spiro atoms. The van der Waals surface area contributed by atoms with Gasteiger partial charge in [-0.1, -0.05) is 30.3 Å². The molecule has 2 aliphatic rings. The fourth-order valence-electron chi connectivity index (χ4n) is 3.48. The van der Waals surface area contributed by atoms with Gasteiger partial charge in [0.25, 0.3) is 0 Å². The van der Waals surface area contributed by atoms with Gasteiger partial charge in [0.15, 0.2) is 0 Å². The molecule has 1 unspecified atom stereocenters. The van der Waals surface area contributed by atoms with Crippen molar-refractivity contribution >= 4 is 17.5 Å². The van der Waals surface area contributed by atoms with E-state index in [0.717, 1.165) is 31.5 Å². The number of hydrogen-bond acceptors (Lipinski definition) is 2. The van der Waals surface area contributed by atoms with Crippen molar-refractivity contribution in [1.29, 1.82) is 0 Å². The van der Waals surface area contributed by atoms with Crippen molar-refractivity contribution in [3.63, 3.8) is 0 Å². The average Bonchev–Trinajstić information content (AvgIpc) is 3.09. The molecule has 21 heavy (non-hydrogen) atoms. The van der Waals surface area contributed by atoms with E-state index in [4.69, 9.17) is 11.6 Å². The minimum atomic E-state index is -0.547. The van der Waals surface area contributed by atoms with Crippen LogP contribution in [0.15, 0.2) is 30.3 Å². The lowest BCUT2D eigenvalue weighted by Crippen LogP contribution is -2.46. The smallest absolute Gasteiger partial charge is 0.245 e. The van der Waals surface area contributed by atoms with Gasteiger partial charge in [-0.2, -0.15) is 0 Å². The molecule has 2 aliphatic heterocycles. The third kappa shape index (κ3) is 3.41. The van der Waals surface area contributed by atoms with E-state index in [1.165, 1.54) is 25.9 Å². The zero-order valence-corrected chi connectivity index (χ0v) is 13.1. The quantitative estimate of drug-likeness (QED) is 0.801. The van der Waals surface area contributed by atoms with Gasteiger partial charge in [0.2, 0.25) is 5.91 Å². The summed E-state index contributed by atoms with van der Waals surface area (Å²) in [7, 11) is 0. The number of benzene rings is 1. The highest BCUT2D eigenvalue weighted by Gasteiger charge is 2.30. The number of hydrogen-bond donors (Lipinski definition) is 0. The summed E-state index contributed by atoms with van der Waals surface area (Å²) in [5.41, 5.74) is 0.894. The predicted octanol–water partition coefficient (Wildman–Crippen LogP) is 3.05. The monoisotopic (exact) mass is 306 g/mol. The van der Waals surface area contributed by atoms with E-state index in [-0.39, 0.29) is 5.91 Å². The highest BCUT2D eigenvalue weighted by molar-refractivity contribution is 6.30. The third-order valence-corrected chi connectivity index (χ3v) is 5.18. The van der Waals surface area contributed by atoms with Crippen molar-refractivity contribution in [2.75, 3.05) is 26.2 Å². The maximum Gasteiger partial charge on any atom is 0.245 e. The molecule has 1 amide bonds. The van der Waals surface area contributed by atoms with E-state index in [2.05, 4.69) is 4.90 Å². The largest absolute Gasteiger partial charge is 0.341 e. The van der Waals surface area contributed by atoms with Crippen LogP contribution in [0.4, 0.5) is 0 Å². The van der Waals surface area contributed by atoms with Crippen molar-refractivity contribution in [3.8, 4) is 0 Å². The zero-order chi connectivity index (χ0) is 14.7. The molecule has 0 aliphatic carbocycles. The number of halogens is 1. The first-order valence-electron chi connectivity index (χ1n) is 7.97. The molecule has 1 aromatic carbocycles. The van der Waals surface area contributed by atoms with Crippen LogP contribution in [0.1, 0.15) is 36.6 Å². The third-order valence-electron chi connectivity index (χ3n) is 4.74. The summed E-state index contributed by atoms with van der Waals surface area (Å²) in [6.45, 7) is 4.16. The Morgan fingerprint density at radius 1 is 1.05 bits per heavy atom. The lowest BCUT2D eigenvalue weighted by molar-refractivity contribution is -0.132. The Balaban J connectivity index is 1.55. The summed E-state index contributed by atoms with van der Waals surface area (Å²) in [5.74, 6) is 0.0581. The molecule has 0 saturated carbocycles. The minimum Gasteiger partial charge on any atom is -0.341 e. The minimum absolute atomic E-state index is 0.0581. The molecule has 0 aromatic heterocycles. The lowest BCUT2D eigenvalue weighted by atomic mass is 10.0. The molecule has 0 radical (unpaired) electrons. The predicted molar refractivity (Wildman–Crippen MR) is 85.4 cm³/mol. The normalized spacial score (nSPS) is 22.4. The molecule has 2 heterocycles. The maximum atomic E-state index is 12.5. The Kier molecular flexibility index (Phi) is 4.81. The summed E-state index contributed by atoms with van der Waals surface area (Å²) >= 11 is 6.35. The van der Waals surface area contributed by atoms with Crippen LogP contribution < -0.4 is 0 Å². The highest BCUT2D eigenvalue weighted by atomic mass is 35.5. The Bertz CT molecular complexity index is 465. The van der Waals surface area contributed by atoms with Crippen LogP contribution in [-0.4, -0.2) is 47.9 Å². The van der Waals surface area contributed by atoms with Crippen molar-refractivity contribution < 1.29 is 4.79 Å². The number of amides is 1. The van der Waals surface area contributed by atoms with E-state index in [1.54, 1.807) is 0 Å². The molecule has 2 saturated heterocycles. The topological polar surface area (TPSA) is 23.6 Å². The van der Waals surface area contributed by atoms with Crippen molar-refractivity contribution in [2.45, 2.75) is 37.1 Å². The number of carbonyl (C=O) groups excluding carboxylic acids is 1. The van der Waals surface area contributed by atoms with Gasteiger partial charge in [0, 0.05) is 19.1 Å². The first-order chi connectivity index (χ1) is 10.3. The highest BCUT2D eigenvalue weighted by Crippen LogP contribution is 2.26. The van der Waals surface area contributed by atoms with Gasteiger partial charge in [0.05, 0.1) is 0 Å². The van der Waals surface area contributed by atoms with E-state index in [9.17, 15) is 4.79 Å². The van der Waals surface area contributed by atoms with Gasteiger partial charge < -0.3 is 9.80 Å². The molecule has 1 atom stereocenters. The van der Waals surface area contributed by atoms with Crippen LogP contribution in [0.25, 0.3) is 0 Å². The van der Waals surface area contributed by atoms with Gasteiger partial charge in [-0.25, -0.2) is 0 Å². The molecule has 3 nitrogen and oxygen atoms in total.